The van der Waals surface area contributed by atoms with E-state index in [0.29, 0.717) is 22.9 Å². The molecule has 8 heteroatoms. The molecule has 4 aliphatic rings. The minimum absolute atomic E-state index is 0.298. The minimum Gasteiger partial charge on any atom is -0.126 e. The van der Waals surface area contributed by atoms with E-state index >= 15 is 0 Å². The van der Waals surface area contributed by atoms with Gasteiger partial charge in [0.2, 0.25) is 0 Å². The highest BCUT2D eigenvalue weighted by molar-refractivity contribution is 7.65. The van der Waals surface area contributed by atoms with Crippen LogP contribution in [0, 0.1) is 11.8 Å². The Kier molecular flexibility index (Phi) is 7.51. The second-order valence-corrected chi connectivity index (χ2v) is 29.7. The number of hydrogen-bond donors (Lipinski definition) is 0. The standard InChI is InChI=1S/C26H30Cl6Si2/c27-33(28,29)11-9-19-1-5-23(6-2-19)25-14-21-13-22(15-25)17-26(16-21,18-25)24-7-3-20(4-8-24)10-12-34(30,31)32/h1-8,21-22H,9-18H2. The van der Waals surface area contributed by atoms with Gasteiger partial charge in [0, 0.05) is 0 Å². The zero-order chi connectivity index (χ0) is 24.2. The summed E-state index contributed by atoms with van der Waals surface area (Å²) in [7, 11) is 0. The van der Waals surface area contributed by atoms with Crippen molar-refractivity contribution in [3.63, 3.8) is 0 Å². The number of rotatable bonds is 8. The van der Waals surface area contributed by atoms with Crippen molar-refractivity contribution in [1.82, 2.24) is 0 Å². The molecule has 0 atom stereocenters. The molecule has 34 heavy (non-hydrogen) atoms. The van der Waals surface area contributed by atoms with Crippen LogP contribution in [-0.4, -0.2) is 12.0 Å². The third kappa shape index (κ3) is 5.85. The first kappa shape index (κ1) is 26.2. The molecule has 0 nitrogen and oxygen atoms in total. The van der Waals surface area contributed by atoms with Crippen molar-refractivity contribution in [3.8, 4) is 0 Å². The SMILES string of the molecule is Cl[Si](Cl)(Cl)CCc1ccc(C23CC4CC(C2)CC(c2ccc(CC[Si](Cl)(Cl)Cl)cc2)(C4)C3)cc1. The van der Waals surface area contributed by atoms with Crippen molar-refractivity contribution in [1.29, 1.82) is 0 Å². The van der Waals surface area contributed by atoms with Crippen molar-refractivity contribution >= 4 is 78.5 Å². The molecule has 0 N–H and O–H groups in total. The second-order valence-electron chi connectivity index (χ2n) is 11.1. The van der Waals surface area contributed by atoms with Gasteiger partial charge in [-0.1, -0.05) is 48.5 Å². The van der Waals surface area contributed by atoms with Crippen molar-refractivity contribution < 1.29 is 0 Å². The van der Waals surface area contributed by atoms with E-state index in [1.807, 2.05) is 0 Å². The lowest BCUT2D eigenvalue weighted by molar-refractivity contribution is -0.0281. The molecule has 2 aromatic rings. The maximum atomic E-state index is 6.10. The third-order valence-corrected chi connectivity index (χ3v) is 13.6. The minimum atomic E-state index is -2.58. The van der Waals surface area contributed by atoms with Gasteiger partial charge in [-0.05, 0) is 108 Å². The van der Waals surface area contributed by atoms with Gasteiger partial charge in [0.1, 0.15) is 0 Å². The van der Waals surface area contributed by atoms with Crippen molar-refractivity contribution in [2.75, 3.05) is 0 Å². The first-order chi connectivity index (χ1) is 15.9. The summed E-state index contributed by atoms with van der Waals surface area (Å²) in [5.41, 5.74) is 6.18. The van der Waals surface area contributed by atoms with Gasteiger partial charge in [-0.25, -0.2) is 0 Å². The van der Waals surface area contributed by atoms with E-state index < -0.39 is 12.0 Å². The zero-order valence-corrected chi connectivity index (χ0v) is 25.6. The van der Waals surface area contributed by atoms with E-state index in [0.717, 1.165) is 24.7 Å². The number of halogens is 6. The summed E-state index contributed by atoms with van der Waals surface area (Å²) in [6.07, 6.45) is 9.68. The fourth-order valence-electron chi connectivity index (χ4n) is 7.56. The highest BCUT2D eigenvalue weighted by Crippen LogP contribution is 2.66. The molecular formula is C26H30Cl6Si2. The molecule has 2 aromatic carbocycles. The average Bonchev–Trinajstić information content (AvgIpc) is 2.75. The van der Waals surface area contributed by atoms with Gasteiger partial charge in [-0.3, -0.25) is 0 Å². The first-order valence-electron chi connectivity index (χ1n) is 12.3. The molecule has 4 saturated carbocycles. The Morgan fingerprint density at radius 1 is 0.588 bits per heavy atom. The predicted molar refractivity (Wildman–Crippen MR) is 155 cm³/mol. The molecule has 0 unspecified atom stereocenters. The third-order valence-electron chi connectivity index (χ3n) is 8.59. The molecule has 0 saturated heterocycles. The van der Waals surface area contributed by atoms with Crippen molar-refractivity contribution in [3.05, 3.63) is 70.8 Å². The number of hydrogen-bond acceptors (Lipinski definition) is 0. The fourth-order valence-corrected chi connectivity index (χ4v) is 10.4. The predicted octanol–water partition coefficient (Wildman–Crippen LogP) is 9.87. The summed E-state index contributed by atoms with van der Waals surface area (Å²) in [5.74, 6) is 1.65. The monoisotopic (exact) mass is 608 g/mol. The Morgan fingerprint density at radius 3 is 1.26 bits per heavy atom. The lowest BCUT2D eigenvalue weighted by Gasteiger charge is -2.63. The molecule has 0 aromatic heterocycles. The summed E-state index contributed by atoms with van der Waals surface area (Å²) in [6, 6.07) is 14.8. The highest BCUT2D eigenvalue weighted by Gasteiger charge is 2.58. The molecule has 184 valence electrons. The summed E-state index contributed by atoms with van der Waals surface area (Å²) in [6.45, 7) is 0. The van der Waals surface area contributed by atoms with Crippen molar-refractivity contribution in [2.24, 2.45) is 11.8 Å². The maximum absolute atomic E-state index is 6.10. The van der Waals surface area contributed by atoms with Crippen molar-refractivity contribution in [2.45, 2.75) is 74.3 Å². The van der Waals surface area contributed by atoms with E-state index in [4.69, 9.17) is 66.5 Å². The van der Waals surface area contributed by atoms with Gasteiger partial charge in [-0.2, -0.15) is 0 Å². The van der Waals surface area contributed by atoms with Gasteiger partial charge in [0.05, 0.1) is 0 Å². The lowest BCUT2D eigenvalue weighted by Crippen LogP contribution is -2.55. The smallest absolute Gasteiger partial charge is 0.126 e. The quantitative estimate of drug-likeness (QED) is 0.206. The summed E-state index contributed by atoms with van der Waals surface area (Å²) in [4.78, 5) is 0. The molecule has 0 amide bonds. The molecule has 4 bridgehead atoms. The summed E-state index contributed by atoms with van der Waals surface area (Å²) in [5, 5.41) is 0. The topological polar surface area (TPSA) is 0 Å². The van der Waals surface area contributed by atoms with Crippen LogP contribution in [0.2, 0.25) is 12.1 Å². The number of benzene rings is 2. The molecular weight excluding hydrogens is 581 g/mol. The Balaban J connectivity index is 1.36. The van der Waals surface area contributed by atoms with Crippen LogP contribution in [0.4, 0.5) is 0 Å². The largest absolute Gasteiger partial charge is 0.341 e. The van der Waals surface area contributed by atoms with Gasteiger partial charge in [0.15, 0.2) is 0 Å². The lowest BCUT2D eigenvalue weighted by atomic mass is 9.41. The molecule has 6 rings (SSSR count). The number of aryl methyl sites for hydroxylation is 2. The van der Waals surface area contributed by atoms with E-state index in [1.165, 1.54) is 60.8 Å². The van der Waals surface area contributed by atoms with E-state index in [9.17, 15) is 0 Å². The van der Waals surface area contributed by atoms with Crippen LogP contribution in [0.3, 0.4) is 0 Å². The highest BCUT2D eigenvalue weighted by atomic mass is 35.8. The zero-order valence-electron chi connectivity index (χ0n) is 19.1. The van der Waals surface area contributed by atoms with Crippen LogP contribution in [0.5, 0.6) is 0 Å². The second kappa shape index (κ2) is 9.73. The summed E-state index contributed by atoms with van der Waals surface area (Å²) < 4.78 is 0. The van der Waals surface area contributed by atoms with Crippen LogP contribution < -0.4 is 0 Å². The molecule has 4 fully saturated rings. The van der Waals surface area contributed by atoms with E-state index in [2.05, 4.69) is 48.5 Å². The fraction of sp³-hybridized carbons (Fsp3) is 0.538. The maximum Gasteiger partial charge on any atom is 0.341 e. The Hall–Kier alpha value is 0.614. The van der Waals surface area contributed by atoms with Gasteiger partial charge in [0.25, 0.3) is 0 Å². The van der Waals surface area contributed by atoms with Crippen LogP contribution in [0.15, 0.2) is 48.5 Å². The van der Waals surface area contributed by atoms with Gasteiger partial charge >= 0.3 is 12.0 Å². The van der Waals surface area contributed by atoms with Gasteiger partial charge in [-0.15, -0.1) is 66.5 Å². The van der Waals surface area contributed by atoms with E-state index in [1.54, 1.807) is 0 Å². The average molecular weight is 611 g/mol. The first-order valence-corrected chi connectivity index (χ1v) is 22.7. The normalized spacial score (nSPS) is 30.6. The van der Waals surface area contributed by atoms with Crippen LogP contribution in [0.25, 0.3) is 0 Å². The Morgan fingerprint density at radius 2 is 0.941 bits per heavy atom. The molecule has 0 radical (unpaired) electrons. The summed E-state index contributed by atoms with van der Waals surface area (Å²) >= 11 is 36.6. The van der Waals surface area contributed by atoms with Crippen LogP contribution >= 0.6 is 66.5 Å². The molecule has 4 aliphatic carbocycles. The molecule has 0 heterocycles. The molecule has 0 aliphatic heterocycles. The van der Waals surface area contributed by atoms with Gasteiger partial charge < -0.3 is 0 Å². The molecule has 0 spiro atoms. The van der Waals surface area contributed by atoms with Crippen LogP contribution in [0.1, 0.15) is 60.8 Å². The van der Waals surface area contributed by atoms with E-state index in [-0.39, 0.29) is 0 Å². The van der Waals surface area contributed by atoms with Crippen LogP contribution in [-0.2, 0) is 23.7 Å². The Bertz CT molecular complexity index is 916. The Labute approximate surface area is 233 Å².